The zero-order chi connectivity index (χ0) is 29.5. The number of hydrogen-bond acceptors (Lipinski definition) is 3. The van der Waals surface area contributed by atoms with Crippen LogP contribution < -0.4 is 14.7 Å². The Morgan fingerprint density at radius 1 is 0.561 bits per heavy atom. The second kappa shape index (κ2) is 14.3. The van der Waals surface area contributed by atoms with E-state index in [-0.39, 0.29) is 0 Å². The molecule has 222 valence electrons. The lowest BCUT2D eigenvalue weighted by molar-refractivity contribution is 0.634. The van der Waals surface area contributed by atoms with Gasteiger partial charge >= 0.3 is 0 Å². The first kappa shape index (κ1) is 31.0. The second-order valence-corrected chi connectivity index (χ2v) is 12.4. The van der Waals surface area contributed by atoms with Crippen LogP contribution in [0.5, 0.6) is 0 Å². The number of anilines is 3. The van der Waals surface area contributed by atoms with Crippen molar-refractivity contribution in [1.82, 2.24) is 0 Å². The van der Waals surface area contributed by atoms with Crippen molar-refractivity contribution in [2.75, 3.05) is 34.3 Å². The molecule has 0 fully saturated rings. The summed E-state index contributed by atoms with van der Waals surface area (Å²) in [5.74, 6) is 0. The summed E-state index contributed by atoms with van der Waals surface area (Å²) in [6.45, 7) is 21.7. The Morgan fingerprint density at radius 2 is 1.07 bits per heavy atom. The predicted octanol–water partition coefficient (Wildman–Crippen LogP) is 9.16. The Labute approximate surface area is 251 Å². The van der Waals surface area contributed by atoms with Crippen molar-refractivity contribution in [2.45, 2.75) is 112 Å². The van der Waals surface area contributed by atoms with Gasteiger partial charge in [-0.2, -0.15) is 0 Å². The molecule has 0 aromatic heterocycles. The highest BCUT2D eigenvalue weighted by Gasteiger charge is 2.24. The summed E-state index contributed by atoms with van der Waals surface area (Å²) >= 11 is 0. The van der Waals surface area contributed by atoms with E-state index in [1.54, 1.807) is 0 Å². The summed E-state index contributed by atoms with van der Waals surface area (Å²) in [5.41, 5.74) is 11.8. The molecule has 41 heavy (non-hydrogen) atoms. The van der Waals surface area contributed by atoms with Crippen molar-refractivity contribution < 1.29 is 0 Å². The predicted molar refractivity (Wildman–Crippen MR) is 181 cm³/mol. The lowest BCUT2D eigenvalue weighted by Crippen LogP contribution is -2.30. The highest BCUT2D eigenvalue weighted by Crippen LogP contribution is 2.34. The fourth-order valence-electron chi connectivity index (χ4n) is 6.58. The molecule has 6 rings (SSSR count). The van der Waals surface area contributed by atoms with E-state index >= 15 is 0 Å². The minimum Gasteiger partial charge on any atom is -0.368 e. The van der Waals surface area contributed by atoms with E-state index in [1.165, 1.54) is 103 Å². The average molecular weight is 554 g/mol. The number of hydrogen-bond donors (Lipinski definition) is 0. The van der Waals surface area contributed by atoms with Gasteiger partial charge in [-0.3, -0.25) is 0 Å². The molecule has 0 saturated heterocycles. The van der Waals surface area contributed by atoms with Crippen LogP contribution in [0.25, 0.3) is 0 Å². The van der Waals surface area contributed by atoms with Crippen LogP contribution in [0, 0.1) is 13.8 Å². The van der Waals surface area contributed by atoms with Crippen LogP contribution in [0.2, 0.25) is 0 Å². The SMILES string of the molecule is CCC(C)N1CCc2ccc(C)cc21.CCC(C)N1CCc2cccc(C)c21.CCC(C)N1CCc2ccccc21. The van der Waals surface area contributed by atoms with E-state index in [9.17, 15) is 0 Å². The van der Waals surface area contributed by atoms with Gasteiger partial charge in [-0.1, -0.05) is 69.3 Å². The van der Waals surface area contributed by atoms with Crippen molar-refractivity contribution in [2.24, 2.45) is 0 Å². The second-order valence-electron chi connectivity index (χ2n) is 12.4. The molecule has 3 aromatic carbocycles. The Bertz CT molecular complexity index is 1260. The largest absolute Gasteiger partial charge is 0.368 e. The molecule has 0 aliphatic carbocycles. The summed E-state index contributed by atoms with van der Waals surface area (Å²) < 4.78 is 0. The number of rotatable bonds is 6. The zero-order valence-electron chi connectivity index (χ0n) is 27.2. The van der Waals surface area contributed by atoms with Crippen molar-refractivity contribution in [3.8, 4) is 0 Å². The maximum Gasteiger partial charge on any atom is 0.0431 e. The summed E-state index contributed by atoms with van der Waals surface area (Å²) in [4.78, 5) is 7.63. The molecule has 3 heterocycles. The minimum absolute atomic E-state index is 0.678. The summed E-state index contributed by atoms with van der Waals surface area (Å²) in [7, 11) is 0. The minimum atomic E-state index is 0.678. The van der Waals surface area contributed by atoms with Crippen LogP contribution in [0.15, 0.2) is 60.7 Å². The zero-order valence-corrected chi connectivity index (χ0v) is 27.2. The van der Waals surface area contributed by atoms with Crippen LogP contribution in [0.1, 0.15) is 88.6 Å². The standard InChI is InChI=1S/2C13H19N.C12H17N/c1-4-11(3)14-8-7-12-6-5-10(2)9-13(12)14;1-4-11(3)14-9-8-12-7-5-6-10(2)13(12)14;1-3-10(2)13-9-8-11-6-4-5-7-12(11)13/h5-6,9,11H,4,7-8H2,1-3H3;5-7,11H,4,8-9H2,1-3H3;4-7,10H,3,8-9H2,1-2H3. The molecular weight excluding hydrogens is 498 g/mol. The third-order valence-electron chi connectivity index (χ3n) is 9.69. The summed E-state index contributed by atoms with van der Waals surface area (Å²) in [6, 6.07) is 24.3. The van der Waals surface area contributed by atoms with Crippen molar-refractivity contribution in [3.05, 3.63) is 88.5 Å². The lowest BCUT2D eigenvalue weighted by atomic mass is 10.1. The third kappa shape index (κ3) is 7.11. The quantitative estimate of drug-likeness (QED) is 0.301. The average Bonchev–Trinajstić information content (AvgIpc) is 3.74. The van der Waals surface area contributed by atoms with E-state index in [4.69, 9.17) is 0 Å². The molecule has 3 aromatic rings. The van der Waals surface area contributed by atoms with Gasteiger partial charge in [0, 0.05) is 54.8 Å². The number of benzene rings is 3. The fourth-order valence-corrected chi connectivity index (χ4v) is 6.58. The highest BCUT2D eigenvalue weighted by molar-refractivity contribution is 5.63. The molecule has 0 radical (unpaired) electrons. The Morgan fingerprint density at radius 3 is 1.73 bits per heavy atom. The molecule has 0 bridgehead atoms. The Kier molecular flexibility index (Phi) is 10.8. The maximum absolute atomic E-state index is 2.56. The van der Waals surface area contributed by atoms with Gasteiger partial charge in [0.1, 0.15) is 0 Å². The molecule has 0 saturated carbocycles. The Balaban J connectivity index is 0.000000142. The normalized spacial score (nSPS) is 17.0. The summed E-state index contributed by atoms with van der Waals surface area (Å²) in [6.07, 6.45) is 7.36. The molecule has 3 aliphatic rings. The number of nitrogens with zero attached hydrogens (tertiary/aromatic N) is 3. The number of aryl methyl sites for hydroxylation is 2. The van der Waals surface area contributed by atoms with Gasteiger partial charge in [0.05, 0.1) is 0 Å². The van der Waals surface area contributed by atoms with Crippen LogP contribution in [-0.4, -0.2) is 37.8 Å². The van der Waals surface area contributed by atoms with Crippen molar-refractivity contribution in [1.29, 1.82) is 0 Å². The van der Waals surface area contributed by atoms with E-state index in [0.717, 1.165) is 0 Å². The van der Waals surface area contributed by atoms with Crippen LogP contribution in [-0.2, 0) is 19.3 Å². The van der Waals surface area contributed by atoms with Crippen LogP contribution in [0.3, 0.4) is 0 Å². The van der Waals surface area contributed by atoms with Gasteiger partial charge in [0.25, 0.3) is 0 Å². The van der Waals surface area contributed by atoms with E-state index in [1.807, 2.05) is 0 Å². The van der Waals surface area contributed by atoms with Gasteiger partial charge < -0.3 is 14.7 Å². The van der Waals surface area contributed by atoms with E-state index in [0.29, 0.717) is 18.1 Å². The maximum atomic E-state index is 2.56. The van der Waals surface area contributed by atoms with Crippen molar-refractivity contribution >= 4 is 17.1 Å². The molecule has 3 atom stereocenters. The molecule has 3 aliphatic heterocycles. The third-order valence-corrected chi connectivity index (χ3v) is 9.69. The van der Waals surface area contributed by atoms with Gasteiger partial charge in [0.2, 0.25) is 0 Å². The molecular formula is C38H55N3. The topological polar surface area (TPSA) is 9.72 Å². The first-order valence-electron chi connectivity index (χ1n) is 16.3. The molecule has 0 spiro atoms. The number of para-hydroxylation sites is 2. The summed E-state index contributed by atoms with van der Waals surface area (Å²) in [5, 5.41) is 0. The molecule has 3 unspecified atom stereocenters. The molecule has 3 nitrogen and oxygen atoms in total. The van der Waals surface area contributed by atoms with Gasteiger partial charge in [-0.25, -0.2) is 0 Å². The lowest BCUT2D eigenvalue weighted by Gasteiger charge is -2.27. The monoisotopic (exact) mass is 553 g/mol. The van der Waals surface area contributed by atoms with Crippen molar-refractivity contribution in [3.63, 3.8) is 0 Å². The fraction of sp³-hybridized carbons (Fsp3) is 0.526. The highest BCUT2D eigenvalue weighted by atomic mass is 15.2. The van der Waals surface area contributed by atoms with E-state index in [2.05, 4.69) is 131 Å². The molecule has 0 amide bonds. The first-order chi connectivity index (χ1) is 19.8. The van der Waals surface area contributed by atoms with E-state index < -0.39 is 0 Å². The smallest absolute Gasteiger partial charge is 0.0431 e. The van der Waals surface area contributed by atoms with Crippen LogP contribution >= 0.6 is 0 Å². The molecule has 0 N–H and O–H groups in total. The van der Waals surface area contributed by atoms with Gasteiger partial charge in [-0.05, 0) is 113 Å². The van der Waals surface area contributed by atoms with Gasteiger partial charge in [-0.15, -0.1) is 0 Å². The van der Waals surface area contributed by atoms with Gasteiger partial charge in [0.15, 0.2) is 0 Å². The van der Waals surface area contributed by atoms with Crippen LogP contribution in [0.4, 0.5) is 17.1 Å². The molecule has 3 heteroatoms. The first-order valence-corrected chi connectivity index (χ1v) is 16.3. The Hall–Kier alpha value is -2.94. The number of fused-ring (bicyclic) bond motifs is 3.